The molecule has 2 saturated heterocycles. The van der Waals surface area contributed by atoms with Crippen LogP contribution in [0.3, 0.4) is 0 Å². The Balaban J connectivity index is 0.00000364. The number of aliphatic imine (C=N–C) groups is 1. The van der Waals surface area contributed by atoms with Crippen LogP contribution in [0.25, 0.3) is 0 Å². The number of guanidine groups is 1. The van der Waals surface area contributed by atoms with Crippen molar-refractivity contribution in [3.05, 3.63) is 0 Å². The molecule has 2 aliphatic heterocycles. The molecule has 2 fully saturated rings. The Morgan fingerprint density at radius 1 is 1.11 bits per heavy atom. The minimum absolute atomic E-state index is 0. The number of piperazine rings is 1. The van der Waals surface area contributed by atoms with E-state index in [9.17, 15) is 13.2 Å². The molecule has 1 atom stereocenters. The first kappa shape index (κ1) is 24.7. The summed E-state index contributed by atoms with van der Waals surface area (Å²) in [6.07, 6.45) is -3.19. The first-order chi connectivity index (χ1) is 12.4. The van der Waals surface area contributed by atoms with Crippen molar-refractivity contribution >= 4 is 29.9 Å². The standard InChI is InChI=1S/C17H32F3N5O.HI/c1-3-21-16(22-5-4-6-23-11-13-26-14-12-23)25-9-7-24(8-10-25)15(2)17(18,19)20;/h15H,3-14H2,1-2H3,(H,21,22);1H. The monoisotopic (exact) mass is 507 g/mol. The number of alkyl halides is 3. The quantitative estimate of drug-likeness (QED) is 0.258. The van der Waals surface area contributed by atoms with Crippen molar-refractivity contribution in [3.8, 4) is 0 Å². The van der Waals surface area contributed by atoms with Crippen LogP contribution in [0.2, 0.25) is 0 Å². The molecule has 2 aliphatic rings. The maximum absolute atomic E-state index is 12.9. The second-order valence-corrected chi connectivity index (χ2v) is 6.78. The lowest BCUT2D eigenvalue weighted by Crippen LogP contribution is -2.56. The Morgan fingerprint density at radius 2 is 1.74 bits per heavy atom. The highest BCUT2D eigenvalue weighted by molar-refractivity contribution is 14.0. The number of morpholine rings is 1. The molecule has 27 heavy (non-hydrogen) atoms. The second-order valence-electron chi connectivity index (χ2n) is 6.78. The molecule has 0 bridgehead atoms. The molecule has 2 heterocycles. The van der Waals surface area contributed by atoms with E-state index in [-0.39, 0.29) is 24.0 Å². The predicted molar refractivity (Wildman–Crippen MR) is 112 cm³/mol. The maximum atomic E-state index is 12.9. The van der Waals surface area contributed by atoms with E-state index in [1.165, 1.54) is 11.8 Å². The third kappa shape index (κ3) is 8.28. The number of hydrogen-bond acceptors (Lipinski definition) is 4. The lowest BCUT2D eigenvalue weighted by molar-refractivity contribution is -0.181. The smallest absolute Gasteiger partial charge is 0.379 e. The Hall–Kier alpha value is -0.330. The molecular formula is C17H33F3IN5O. The summed E-state index contributed by atoms with van der Waals surface area (Å²) in [6.45, 7) is 11.2. The number of rotatable bonds is 6. The van der Waals surface area contributed by atoms with Crippen LogP contribution in [0.4, 0.5) is 13.2 Å². The molecule has 0 amide bonds. The van der Waals surface area contributed by atoms with Gasteiger partial charge in [-0.15, -0.1) is 24.0 Å². The van der Waals surface area contributed by atoms with Gasteiger partial charge in [-0.05, 0) is 20.3 Å². The lowest BCUT2D eigenvalue weighted by Gasteiger charge is -2.39. The van der Waals surface area contributed by atoms with Gasteiger partial charge in [0.1, 0.15) is 6.04 Å². The summed E-state index contributed by atoms with van der Waals surface area (Å²) in [5.41, 5.74) is 0. The molecule has 0 spiro atoms. The van der Waals surface area contributed by atoms with Gasteiger partial charge in [0.05, 0.1) is 13.2 Å². The second kappa shape index (κ2) is 12.3. The van der Waals surface area contributed by atoms with Crippen LogP contribution in [0.15, 0.2) is 4.99 Å². The molecule has 10 heteroatoms. The summed E-state index contributed by atoms with van der Waals surface area (Å²) < 4.78 is 43.9. The molecule has 0 aromatic carbocycles. The zero-order valence-electron chi connectivity index (χ0n) is 16.3. The minimum Gasteiger partial charge on any atom is -0.379 e. The fourth-order valence-corrected chi connectivity index (χ4v) is 3.26. The third-order valence-electron chi connectivity index (χ3n) is 4.97. The average molecular weight is 507 g/mol. The predicted octanol–water partition coefficient (Wildman–Crippen LogP) is 1.86. The lowest BCUT2D eigenvalue weighted by atomic mass is 10.2. The Bertz CT molecular complexity index is 439. The van der Waals surface area contributed by atoms with Gasteiger partial charge in [-0.3, -0.25) is 14.8 Å². The number of hydrogen-bond donors (Lipinski definition) is 1. The van der Waals surface area contributed by atoms with Gasteiger partial charge in [-0.25, -0.2) is 0 Å². The van der Waals surface area contributed by atoms with Crippen LogP contribution in [0.1, 0.15) is 20.3 Å². The molecule has 0 radical (unpaired) electrons. The number of nitrogens with one attached hydrogen (secondary N) is 1. The van der Waals surface area contributed by atoms with E-state index >= 15 is 0 Å². The molecule has 0 saturated carbocycles. The van der Waals surface area contributed by atoms with Gasteiger partial charge in [-0.2, -0.15) is 13.2 Å². The number of nitrogens with zero attached hydrogens (tertiary/aromatic N) is 4. The Labute approximate surface area is 177 Å². The highest BCUT2D eigenvalue weighted by atomic mass is 127. The first-order valence-electron chi connectivity index (χ1n) is 9.56. The molecule has 6 nitrogen and oxygen atoms in total. The Morgan fingerprint density at radius 3 is 2.30 bits per heavy atom. The van der Waals surface area contributed by atoms with Crippen molar-refractivity contribution in [3.63, 3.8) is 0 Å². The zero-order chi connectivity index (χ0) is 19.0. The van der Waals surface area contributed by atoms with Gasteiger partial charge < -0.3 is 15.0 Å². The van der Waals surface area contributed by atoms with Gasteiger partial charge >= 0.3 is 6.18 Å². The van der Waals surface area contributed by atoms with Crippen molar-refractivity contribution in [2.75, 3.05) is 72.1 Å². The first-order valence-corrected chi connectivity index (χ1v) is 9.56. The van der Waals surface area contributed by atoms with Crippen LogP contribution in [-0.4, -0.2) is 105 Å². The number of halogens is 4. The van der Waals surface area contributed by atoms with E-state index in [1.54, 1.807) is 0 Å². The highest BCUT2D eigenvalue weighted by Crippen LogP contribution is 2.25. The minimum atomic E-state index is -4.17. The molecule has 160 valence electrons. The largest absolute Gasteiger partial charge is 0.403 e. The summed E-state index contributed by atoms with van der Waals surface area (Å²) in [7, 11) is 0. The van der Waals surface area contributed by atoms with Crippen molar-refractivity contribution in [1.29, 1.82) is 0 Å². The van der Waals surface area contributed by atoms with E-state index in [2.05, 4.69) is 20.1 Å². The Kier molecular flexibility index (Phi) is 11.2. The summed E-state index contributed by atoms with van der Waals surface area (Å²) in [5, 5.41) is 3.27. The zero-order valence-corrected chi connectivity index (χ0v) is 18.6. The van der Waals surface area contributed by atoms with Crippen LogP contribution in [0, 0.1) is 0 Å². The molecule has 0 aromatic heterocycles. The maximum Gasteiger partial charge on any atom is 0.403 e. The van der Waals surface area contributed by atoms with Crippen molar-refractivity contribution in [2.24, 2.45) is 4.99 Å². The third-order valence-corrected chi connectivity index (χ3v) is 4.97. The molecule has 0 aliphatic carbocycles. The van der Waals surface area contributed by atoms with Gasteiger partial charge in [0.15, 0.2) is 5.96 Å². The highest BCUT2D eigenvalue weighted by Gasteiger charge is 2.41. The van der Waals surface area contributed by atoms with E-state index in [1.807, 2.05) is 6.92 Å². The normalized spacial score (nSPS) is 21.7. The van der Waals surface area contributed by atoms with E-state index < -0.39 is 12.2 Å². The number of ether oxygens (including phenoxy) is 1. The van der Waals surface area contributed by atoms with Crippen molar-refractivity contribution < 1.29 is 17.9 Å². The average Bonchev–Trinajstić information content (AvgIpc) is 2.64. The SMILES string of the molecule is CCNC(=NCCCN1CCOCC1)N1CCN(C(C)C(F)(F)F)CC1.I. The van der Waals surface area contributed by atoms with Crippen LogP contribution < -0.4 is 5.32 Å². The van der Waals surface area contributed by atoms with Gasteiger partial charge in [-0.1, -0.05) is 0 Å². The topological polar surface area (TPSA) is 43.3 Å². The van der Waals surface area contributed by atoms with E-state index in [0.29, 0.717) is 26.2 Å². The molecule has 1 unspecified atom stereocenters. The van der Waals surface area contributed by atoms with E-state index in [0.717, 1.165) is 58.3 Å². The van der Waals surface area contributed by atoms with Crippen LogP contribution >= 0.6 is 24.0 Å². The molecule has 2 rings (SSSR count). The van der Waals surface area contributed by atoms with Crippen LogP contribution in [0.5, 0.6) is 0 Å². The van der Waals surface area contributed by atoms with Gasteiger partial charge in [0.2, 0.25) is 0 Å². The van der Waals surface area contributed by atoms with Crippen molar-refractivity contribution in [1.82, 2.24) is 20.0 Å². The van der Waals surface area contributed by atoms with Gasteiger partial charge in [0, 0.05) is 58.9 Å². The fraction of sp³-hybridized carbons (Fsp3) is 0.941. The summed E-state index contributed by atoms with van der Waals surface area (Å²) in [5.74, 6) is 0.814. The van der Waals surface area contributed by atoms with E-state index in [4.69, 9.17) is 4.74 Å². The molecule has 1 N–H and O–H groups in total. The molecule has 0 aromatic rings. The van der Waals surface area contributed by atoms with Gasteiger partial charge in [0.25, 0.3) is 0 Å². The summed E-state index contributed by atoms with van der Waals surface area (Å²) >= 11 is 0. The fourth-order valence-electron chi connectivity index (χ4n) is 3.26. The summed E-state index contributed by atoms with van der Waals surface area (Å²) in [6, 6.07) is -1.39. The van der Waals surface area contributed by atoms with Crippen molar-refractivity contribution in [2.45, 2.75) is 32.5 Å². The summed E-state index contributed by atoms with van der Waals surface area (Å²) in [4.78, 5) is 10.6. The molecular weight excluding hydrogens is 474 g/mol. The van der Waals surface area contributed by atoms with Crippen LogP contribution in [-0.2, 0) is 4.74 Å².